The Balaban J connectivity index is 1.99. The molecule has 0 aliphatic carbocycles. The largest absolute Gasteiger partial charge is 0.434 e. The maximum Gasteiger partial charge on any atom is 0.333 e. The zero-order valence-electron chi connectivity index (χ0n) is 13.6. The number of esters is 2. The topological polar surface area (TPSA) is 68.7 Å². The maximum atomic E-state index is 12.3. The molecule has 4 rings (SSSR count). The highest BCUT2D eigenvalue weighted by molar-refractivity contribution is 5.93. The lowest BCUT2D eigenvalue weighted by Crippen LogP contribution is -2.46. The summed E-state index contributed by atoms with van der Waals surface area (Å²) in [4.78, 5) is 30.3. The molecule has 0 saturated heterocycles. The van der Waals surface area contributed by atoms with Crippen molar-refractivity contribution in [3.8, 4) is 0 Å². The van der Waals surface area contributed by atoms with E-state index in [1.165, 1.54) is 0 Å². The summed E-state index contributed by atoms with van der Waals surface area (Å²) in [7, 11) is 0. The number of nitrogens with zero attached hydrogens (tertiary/aromatic N) is 2. The Morgan fingerprint density at radius 3 is 2.56 bits per heavy atom. The summed E-state index contributed by atoms with van der Waals surface area (Å²) < 4.78 is 11.6. The van der Waals surface area contributed by atoms with Gasteiger partial charge in [0.1, 0.15) is 0 Å². The zero-order valence-corrected chi connectivity index (χ0v) is 13.6. The molecule has 0 radical (unpaired) electrons. The highest BCUT2D eigenvalue weighted by Crippen LogP contribution is 2.52. The van der Waals surface area contributed by atoms with E-state index in [4.69, 9.17) is 9.47 Å². The molecular formula is C19H16N2O4. The number of anilines is 1. The van der Waals surface area contributed by atoms with Gasteiger partial charge in [0.25, 0.3) is 0 Å². The minimum Gasteiger partial charge on any atom is -0.434 e. The van der Waals surface area contributed by atoms with Gasteiger partial charge in [-0.2, -0.15) is 0 Å². The lowest BCUT2D eigenvalue weighted by atomic mass is 9.98. The predicted octanol–water partition coefficient (Wildman–Crippen LogP) is 2.82. The molecule has 2 atom stereocenters. The van der Waals surface area contributed by atoms with Gasteiger partial charge in [-0.05, 0) is 12.1 Å². The first-order chi connectivity index (χ1) is 12.2. The summed E-state index contributed by atoms with van der Waals surface area (Å²) >= 11 is 0. The second-order valence-corrected chi connectivity index (χ2v) is 5.84. The van der Waals surface area contributed by atoms with Crippen LogP contribution in [0.3, 0.4) is 0 Å². The third-order valence-electron chi connectivity index (χ3n) is 4.54. The van der Waals surface area contributed by atoms with Crippen molar-refractivity contribution in [2.75, 3.05) is 4.90 Å². The van der Waals surface area contributed by atoms with Crippen LogP contribution in [0.15, 0.2) is 60.9 Å². The summed E-state index contributed by atoms with van der Waals surface area (Å²) in [5, 5.41) is 0. The van der Waals surface area contributed by atoms with E-state index in [2.05, 4.69) is 4.98 Å². The van der Waals surface area contributed by atoms with Crippen LogP contribution >= 0.6 is 0 Å². The maximum absolute atomic E-state index is 12.3. The third-order valence-corrected chi connectivity index (χ3v) is 4.54. The smallest absolute Gasteiger partial charge is 0.333 e. The molecule has 25 heavy (non-hydrogen) atoms. The second kappa shape index (κ2) is 5.73. The Bertz CT molecular complexity index is 865. The van der Waals surface area contributed by atoms with E-state index in [1.807, 2.05) is 36.1 Å². The van der Waals surface area contributed by atoms with Crippen LogP contribution in [0.1, 0.15) is 30.7 Å². The van der Waals surface area contributed by atoms with Crippen LogP contribution in [0.5, 0.6) is 0 Å². The summed E-state index contributed by atoms with van der Waals surface area (Å²) in [6.07, 6.45) is 5.30. The Morgan fingerprint density at radius 2 is 1.80 bits per heavy atom. The van der Waals surface area contributed by atoms with Crippen molar-refractivity contribution in [2.45, 2.75) is 25.3 Å². The van der Waals surface area contributed by atoms with E-state index in [0.29, 0.717) is 6.42 Å². The monoisotopic (exact) mass is 336 g/mol. The quantitative estimate of drug-likeness (QED) is 0.786. The number of hydrogen-bond acceptors (Lipinski definition) is 6. The molecule has 0 amide bonds. The molecule has 2 aliphatic rings. The lowest BCUT2D eigenvalue weighted by Gasteiger charge is -2.40. The second-order valence-electron chi connectivity index (χ2n) is 5.84. The van der Waals surface area contributed by atoms with Gasteiger partial charge in [0.15, 0.2) is 0 Å². The van der Waals surface area contributed by atoms with Crippen molar-refractivity contribution in [1.29, 1.82) is 0 Å². The Morgan fingerprint density at radius 1 is 1.08 bits per heavy atom. The van der Waals surface area contributed by atoms with Gasteiger partial charge in [0, 0.05) is 47.8 Å². The van der Waals surface area contributed by atoms with E-state index < -0.39 is 23.9 Å². The van der Waals surface area contributed by atoms with E-state index in [0.717, 1.165) is 29.0 Å². The van der Waals surface area contributed by atoms with Crippen molar-refractivity contribution in [1.82, 2.24) is 4.98 Å². The molecule has 2 unspecified atom stereocenters. The van der Waals surface area contributed by atoms with Gasteiger partial charge < -0.3 is 9.47 Å². The van der Waals surface area contributed by atoms with Gasteiger partial charge in [-0.15, -0.1) is 0 Å². The van der Waals surface area contributed by atoms with Gasteiger partial charge in [-0.1, -0.05) is 31.2 Å². The van der Waals surface area contributed by atoms with E-state index in [1.54, 1.807) is 24.5 Å². The minimum atomic E-state index is -1.06. The van der Waals surface area contributed by atoms with Gasteiger partial charge in [0.05, 0.1) is 0 Å². The van der Waals surface area contributed by atoms with Crippen molar-refractivity contribution in [2.24, 2.45) is 0 Å². The Kier molecular flexibility index (Phi) is 3.53. The fraction of sp³-hybridized carbons (Fsp3) is 0.211. The van der Waals surface area contributed by atoms with E-state index in [9.17, 15) is 9.59 Å². The molecule has 1 aromatic heterocycles. The molecule has 0 N–H and O–H groups in total. The third kappa shape index (κ3) is 2.29. The van der Waals surface area contributed by atoms with Gasteiger partial charge in [0.2, 0.25) is 12.0 Å². The van der Waals surface area contributed by atoms with Crippen LogP contribution < -0.4 is 4.90 Å². The average molecular weight is 336 g/mol. The van der Waals surface area contributed by atoms with Crippen molar-refractivity contribution >= 4 is 17.6 Å². The minimum absolute atomic E-state index is 0.486. The summed E-state index contributed by atoms with van der Waals surface area (Å²) in [5.74, 6) is -1.18. The number of aromatic nitrogens is 1. The molecule has 0 spiro atoms. The van der Waals surface area contributed by atoms with Crippen LogP contribution in [0.25, 0.3) is 0 Å². The molecule has 2 aromatic rings. The predicted molar refractivity (Wildman–Crippen MR) is 89.2 cm³/mol. The molecule has 0 saturated carbocycles. The first-order valence-corrected chi connectivity index (χ1v) is 8.06. The lowest BCUT2D eigenvalue weighted by molar-refractivity contribution is -0.157. The Hall–Kier alpha value is -3.15. The number of benzene rings is 1. The van der Waals surface area contributed by atoms with Crippen molar-refractivity contribution in [3.63, 3.8) is 0 Å². The molecule has 2 aliphatic heterocycles. The number of carbonyl (C=O) groups excluding carboxylic acids is 2. The fourth-order valence-electron chi connectivity index (χ4n) is 3.51. The van der Waals surface area contributed by atoms with Gasteiger partial charge in [-0.3, -0.25) is 9.88 Å². The molecular weight excluding hydrogens is 320 g/mol. The first kappa shape index (κ1) is 15.4. The van der Waals surface area contributed by atoms with Crippen molar-refractivity contribution < 1.29 is 19.1 Å². The van der Waals surface area contributed by atoms with Crippen LogP contribution in [-0.2, 0) is 24.8 Å². The molecule has 1 aromatic carbocycles. The summed E-state index contributed by atoms with van der Waals surface area (Å²) in [6, 6.07) is 11.2. The molecule has 0 fully saturated rings. The number of rotatable bonds is 2. The van der Waals surface area contributed by atoms with Crippen molar-refractivity contribution in [3.05, 3.63) is 72.1 Å². The normalized spacial score (nSPS) is 26.0. The van der Waals surface area contributed by atoms with E-state index in [-0.39, 0.29) is 0 Å². The molecule has 6 nitrogen and oxygen atoms in total. The standard InChI is InChI=1S/C19H16N2O4/c1-2-19-15-6-4-3-5-14(15)18(21(19)13-9-11-20-12-10-13)24-16(22)7-8-17(23)25-19/h3-12,18H,2H2,1H3/b8-7-. The highest BCUT2D eigenvalue weighted by atomic mass is 16.6. The molecule has 2 bridgehead atoms. The van der Waals surface area contributed by atoms with Gasteiger partial charge >= 0.3 is 11.9 Å². The number of fused-ring (bicyclic) bond motifs is 5. The molecule has 126 valence electrons. The van der Waals surface area contributed by atoms with Crippen LogP contribution in [0, 0.1) is 0 Å². The van der Waals surface area contributed by atoms with Gasteiger partial charge in [-0.25, -0.2) is 9.59 Å². The number of ether oxygens (including phenoxy) is 2. The molecule has 3 heterocycles. The Labute approximate surface area is 144 Å². The first-order valence-electron chi connectivity index (χ1n) is 8.06. The number of pyridine rings is 1. The van der Waals surface area contributed by atoms with Crippen LogP contribution in [0.4, 0.5) is 5.69 Å². The van der Waals surface area contributed by atoms with Crippen LogP contribution in [-0.4, -0.2) is 16.9 Å². The highest BCUT2D eigenvalue weighted by Gasteiger charge is 2.54. The fourth-order valence-corrected chi connectivity index (χ4v) is 3.51. The number of hydrogen-bond donors (Lipinski definition) is 0. The zero-order chi connectivity index (χ0) is 17.4. The summed E-state index contributed by atoms with van der Waals surface area (Å²) in [6.45, 7) is 1.93. The van der Waals surface area contributed by atoms with Crippen LogP contribution in [0.2, 0.25) is 0 Å². The molecule has 6 heteroatoms. The average Bonchev–Trinajstić information content (AvgIpc) is 2.93. The van der Waals surface area contributed by atoms with E-state index >= 15 is 0 Å². The SMILES string of the molecule is CCC12OC(=O)/C=C\C(=O)OC(c3ccccc31)N2c1ccncc1. The summed E-state index contributed by atoms with van der Waals surface area (Å²) in [5.41, 5.74) is 1.31. The number of carbonyl (C=O) groups is 2.